The van der Waals surface area contributed by atoms with Crippen molar-refractivity contribution in [3.8, 4) is 11.5 Å². The second kappa shape index (κ2) is 7.39. The Hall–Kier alpha value is -1.27. The highest BCUT2D eigenvalue weighted by atomic mass is 35.5. The van der Waals surface area contributed by atoms with E-state index in [0.29, 0.717) is 22.4 Å². The van der Waals surface area contributed by atoms with E-state index in [2.05, 4.69) is 12.2 Å². The number of nitrogens with one attached hydrogen (secondary N) is 1. The first-order chi connectivity index (χ1) is 12.5. The molecule has 0 unspecified atom stereocenters. The lowest BCUT2D eigenvalue weighted by Crippen LogP contribution is -2.42. The first-order valence-electron chi connectivity index (χ1n) is 9.22. The highest BCUT2D eigenvalue weighted by Gasteiger charge is 2.42. The van der Waals surface area contributed by atoms with Crippen molar-refractivity contribution in [1.29, 1.82) is 0 Å². The van der Waals surface area contributed by atoms with E-state index >= 15 is 0 Å². The van der Waals surface area contributed by atoms with Gasteiger partial charge in [-0.05, 0) is 61.6 Å². The predicted molar refractivity (Wildman–Crippen MR) is 101 cm³/mol. The third-order valence-electron chi connectivity index (χ3n) is 5.93. The minimum Gasteiger partial charge on any atom is -0.454 e. The van der Waals surface area contributed by atoms with Crippen molar-refractivity contribution in [2.45, 2.75) is 44.4 Å². The Morgan fingerprint density at radius 2 is 2.19 bits per heavy atom. The summed E-state index contributed by atoms with van der Waals surface area (Å²) < 4.78 is 23.0. The molecule has 1 N–H and O–H groups in total. The Balaban J connectivity index is 1.29. The number of halogens is 1. The molecule has 1 heterocycles. The number of amides is 1. The molecule has 0 radical (unpaired) electrons. The van der Waals surface area contributed by atoms with Crippen LogP contribution in [0, 0.1) is 17.8 Å². The standard InChI is InChI=1S/C19H24ClNO4S/c1-11(15-5-12-2-3-14(15)4-12)21-18(22)9-26(23)8-13-6-16(20)19-17(7-13)24-10-25-19/h6-7,11-12,14-15H,2-5,8-10H2,1H3,(H,21,22)/t11-,12-,14-,15+,26-/m0/s1. The van der Waals surface area contributed by atoms with Gasteiger partial charge in [-0.25, -0.2) is 0 Å². The van der Waals surface area contributed by atoms with Crippen LogP contribution < -0.4 is 14.8 Å². The van der Waals surface area contributed by atoms with Gasteiger partial charge >= 0.3 is 0 Å². The number of benzene rings is 1. The molecule has 2 fully saturated rings. The van der Waals surface area contributed by atoms with Crippen LogP contribution in [0.5, 0.6) is 11.5 Å². The number of carbonyl (C=O) groups is 1. The summed E-state index contributed by atoms with van der Waals surface area (Å²) in [5.41, 5.74) is 0.784. The van der Waals surface area contributed by atoms with Gasteiger partial charge in [-0.15, -0.1) is 0 Å². The first kappa shape index (κ1) is 18.1. The molecule has 3 aliphatic rings. The first-order valence-corrected chi connectivity index (χ1v) is 11.1. The van der Waals surface area contributed by atoms with Gasteiger partial charge in [0.15, 0.2) is 11.5 Å². The van der Waals surface area contributed by atoms with E-state index in [1.807, 2.05) is 0 Å². The molecule has 0 spiro atoms. The summed E-state index contributed by atoms with van der Waals surface area (Å²) in [6.45, 7) is 2.23. The average molecular weight is 398 g/mol. The van der Waals surface area contributed by atoms with Crippen LogP contribution in [0.3, 0.4) is 0 Å². The summed E-state index contributed by atoms with van der Waals surface area (Å²) in [6.07, 6.45) is 5.20. The summed E-state index contributed by atoms with van der Waals surface area (Å²) >= 11 is 6.15. The molecular weight excluding hydrogens is 374 g/mol. The molecule has 0 saturated heterocycles. The average Bonchev–Trinajstić information content (AvgIpc) is 3.30. The third kappa shape index (κ3) is 3.72. The van der Waals surface area contributed by atoms with Crippen molar-refractivity contribution < 1.29 is 18.5 Å². The van der Waals surface area contributed by atoms with Gasteiger partial charge in [-0.2, -0.15) is 0 Å². The zero-order valence-corrected chi connectivity index (χ0v) is 16.4. The Morgan fingerprint density at radius 1 is 1.35 bits per heavy atom. The minimum absolute atomic E-state index is 0.0111. The quantitative estimate of drug-likeness (QED) is 0.800. The normalized spacial score (nSPS) is 28.2. The molecule has 1 aromatic carbocycles. The molecule has 1 amide bonds. The summed E-state index contributed by atoms with van der Waals surface area (Å²) in [4.78, 5) is 12.3. The largest absolute Gasteiger partial charge is 0.454 e. The topological polar surface area (TPSA) is 64.6 Å². The van der Waals surface area contributed by atoms with Gasteiger partial charge in [-0.1, -0.05) is 18.0 Å². The molecule has 4 rings (SSSR count). The van der Waals surface area contributed by atoms with Crippen LogP contribution in [0.25, 0.3) is 0 Å². The van der Waals surface area contributed by atoms with Crippen LogP contribution in [0.2, 0.25) is 5.02 Å². The van der Waals surface area contributed by atoms with Gasteiger partial charge < -0.3 is 14.8 Å². The maximum Gasteiger partial charge on any atom is 0.232 e. The second-order valence-corrected chi connectivity index (χ2v) is 9.60. The Morgan fingerprint density at radius 3 is 2.92 bits per heavy atom. The van der Waals surface area contributed by atoms with E-state index in [4.69, 9.17) is 21.1 Å². The number of carbonyl (C=O) groups excluding carboxylic acids is 1. The van der Waals surface area contributed by atoms with Crippen molar-refractivity contribution in [3.63, 3.8) is 0 Å². The summed E-state index contributed by atoms with van der Waals surface area (Å²) in [6, 6.07) is 3.67. The molecule has 5 nitrogen and oxygen atoms in total. The molecule has 2 saturated carbocycles. The van der Waals surface area contributed by atoms with Crippen molar-refractivity contribution in [2.75, 3.05) is 12.5 Å². The van der Waals surface area contributed by atoms with Gasteiger partial charge in [0.1, 0.15) is 5.75 Å². The van der Waals surface area contributed by atoms with Gasteiger partial charge in [0.2, 0.25) is 12.7 Å². The molecule has 1 aliphatic heterocycles. The lowest BCUT2D eigenvalue weighted by atomic mass is 9.84. The van der Waals surface area contributed by atoms with Crippen molar-refractivity contribution >= 4 is 28.3 Å². The monoisotopic (exact) mass is 397 g/mol. The number of hydrogen-bond donors (Lipinski definition) is 1. The van der Waals surface area contributed by atoms with Gasteiger partial charge in [0.05, 0.1) is 5.02 Å². The van der Waals surface area contributed by atoms with Crippen molar-refractivity contribution in [3.05, 3.63) is 22.7 Å². The molecule has 1 aromatic rings. The second-order valence-electron chi connectivity index (χ2n) is 7.73. The number of fused-ring (bicyclic) bond motifs is 3. The number of rotatable bonds is 6. The van der Waals surface area contributed by atoms with E-state index in [1.165, 1.54) is 25.7 Å². The zero-order chi connectivity index (χ0) is 18.3. The van der Waals surface area contributed by atoms with E-state index < -0.39 is 10.8 Å². The van der Waals surface area contributed by atoms with E-state index in [1.54, 1.807) is 12.1 Å². The van der Waals surface area contributed by atoms with Gasteiger partial charge in [0.25, 0.3) is 0 Å². The fourth-order valence-corrected chi connectivity index (χ4v) is 6.10. The lowest BCUT2D eigenvalue weighted by Gasteiger charge is -2.28. The molecule has 7 heteroatoms. The predicted octanol–water partition coefficient (Wildman–Crippen LogP) is 3.26. The third-order valence-corrected chi connectivity index (χ3v) is 7.45. The fraction of sp³-hybridized carbons (Fsp3) is 0.632. The molecular formula is C19H24ClNO4S. The lowest BCUT2D eigenvalue weighted by molar-refractivity contribution is -0.119. The zero-order valence-electron chi connectivity index (χ0n) is 14.8. The van der Waals surface area contributed by atoms with Gasteiger partial charge in [0, 0.05) is 22.6 Å². The highest BCUT2D eigenvalue weighted by molar-refractivity contribution is 7.84. The van der Waals surface area contributed by atoms with Crippen LogP contribution in [-0.2, 0) is 21.3 Å². The molecule has 26 heavy (non-hydrogen) atoms. The van der Waals surface area contributed by atoms with Crippen LogP contribution in [0.15, 0.2) is 12.1 Å². The summed E-state index contributed by atoms with van der Waals surface area (Å²) in [7, 11) is -1.29. The van der Waals surface area contributed by atoms with Crippen LogP contribution >= 0.6 is 11.6 Å². The van der Waals surface area contributed by atoms with Crippen LogP contribution in [0.4, 0.5) is 0 Å². The Bertz CT molecular complexity index is 740. The van der Waals surface area contributed by atoms with Crippen molar-refractivity contribution in [1.82, 2.24) is 5.32 Å². The number of hydrogen-bond acceptors (Lipinski definition) is 4. The van der Waals surface area contributed by atoms with Crippen LogP contribution in [-0.4, -0.2) is 28.7 Å². The summed E-state index contributed by atoms with van der Waals surface area (Å²) in [5.74, 6) is 3.44. The summed E-state index contributed by atoms with van der Waals surface area (Å²) in [5, 5.41) is 3.52. The SMILES string of the molecule is C[C@H](NC(=O)C[S@@](=O)Cc1cc(Cl)c2c(c1)OCO2)[C@H]1C[C@H]2CC[C@H]1C2. The Labute approximate surface area is 161 Å². The molecule has 142 valence electrons. The Kier molecular flexibility index (Phi) is 5.15. The highest BCUT2D eigenvalue weighted by Crippen LogP contribution is 2.49. The van der Waals surface area contributed by atoms with Crippen molar-refractivity contribution in [2.24, 2.45) is 17.8 Å². The van der Waals surface area contributed by atoms with E-state index in [-0.39, 0.29) is 30.2 Å². The molecule has 2 aliphatic carbocycles. The maximum atomic E-state index is 12.4. The van der Waals surface area contributed by atoms with E-state index in [0.717, 1.165) is 17.4 Å². The fourth-order valence-electron chi connectivity index (χ4n) is 4.80. The van der Waals surface area contributed by atoms with Crippen LogP contribution in [0.1, 0.15) is 38.2 Å². The molecule has 2 bridgehead atoms. The maximum absolute atomic E-state index is 12.4. The minimum atomic E-state index is -1.29. The van der Waals surface area contributed by atoms with Gasteiger partial charge in [-0.3, -0.25) is 9.00 Å². The van der Waals surface area contributed by atoms with E-state index in [9.17, 15) is 9.00 Å². The smallest absolute Gasteiger partial charge is 0.232 e. The molecule has 5 atom stereocenters. The molecule has 0 aromatic heterocycles. The number of ether oxygens (including phenoxy) is 2.